The largest absolute Gasteiger partial charge is 0.417 e. The Bertz CT molecular complexity index is 862. The molecular weight excluding hydrogens is 355 g/mol. The first-order chi connectivity index (χ1) is 12.8. The molecular formula is C21H22F3NO2. The maximum absolute atomic E-state index is 12.9. The van der Waals surface area contributed by atoms with Crippen LogP contribution in [0.3, 0.4) is 0 Å². The maximum Gasteiger partial charge on any atom is 0.417 e. The van der Waals surface area contributed by atoms with Crippen LogP contribution in [0.4, 0.5) is 13.2 Å². The molecule has 1 aliphatic carbocycles. The van der Waals surface area contributed by atoms with Crippen molar-refractivity contribution in [3.8, 4) is 0 Å². The van der Waals surface area contributed by atoms with Gasteiger partial charge in [-0.25, -0.2) is 0 Å². The first-order valence-electron chi connectivity index (χ1n) is 9.12. The van der Waals surface area contributed by atoms with Gasteiger partial charge in [0.15, 0.2) is 0 Å². The van der Waals surface area contributed by atoms with Crippen molar-refractivity contribution in [2.45, 2.75) is 51.2 Å². The van der Waals surface area contributed by atoms with Crippen molar-refractivity contribution in [2.24, 2.45) is 5.92 Å². The Morgan fingerprint density at radius 3 is 2.30 bits per heavy atom. The molecule has 0 N–H and O–H groups in total. The number of aromatic nitrogens is 1. The minimum atomic E-state index is -4.49. The van der Waals surface area contributed by atoms with Crippen molar-refractivity contribution in [3.63, 3.8) is 0 Å². The van der Waals surface area contributed by atoms with Gasteiger partial charge in [-0.2, -0.15) is 13.2 Å². The fraction of sp³-hybridized carbons (Fsp3) is 0.429. The Kier molecular flexibility index (Phi) is 5.53. The average molecular weight is 377 g/mol. The van der Waals surface area contributed by atoms with Crippen molar-refractivity contribution in [2.75, 3.05) is 0 Å². The number of Topliss-reactive ketones (excluding diaryl/α,β-unsaturated/α-hetero) is 1. The first kappa shape index (κ1) is 19.4. The van der Waals surface area contributed by atoms with Gasteiger partial charge in [-0.15, -0.1) is 0 Å². The highest BCUT2D eigenvalue weighted by molar-refractivity contribution is 5.83. The number of halogens is 3. The van der Waals surface area contributed by atoms with Crippen LogP contribution in [0.5, 0.6) is 0 Å². The second kappa shape index (κ2) is 7.71. The van der Waals surface area contributed by atoms with E-state index < -0.39 is 17.3 Å². The standard InChI is InChI=1S/C21H22F3NO2/c1-14(26)20(16-4-2-3-5-16)17-8-6-15(7-9-17)12-25-13-18(21(22,23)24)10-11-19(25)27/h6-11,13,16,20H,2-5,12H2,1H3/t20-/m0/s1. The van der Waals surface area contributed by atoms with Crippen molar-refractivity contribution < 1.29 is 18.0 Å². The van der Waals surface area contributed by atoms with Gasteiger partial charge >= 0.3 is 6.18 Å². The van der Waals surface area contributed by atoms with Gasteiger partial charge in [0.25, 0.3) is 5.56 Å². The van der Waals surface area contributed by atoms with E-state index >= 15 is 0 Å². The number of ketones is 1. The summed E-state index contributed by atoms with van der Waals surface area (Å²) in [5.41, 5.74) is 0.319. The van der Waals surface area contributed by atoms with E-state index in [9.17, 15) is 22.8 Å². The van der Waals surface area contributed by atoms with E-state index in [2.05, 4.69) is 0 Å². The molecule has 0 saturated heterocycles. The molecule has 0 aliphatic heterocycles. The van der Waals surface area contributed by atoms with Gasteiger partial charge in [0.05, 0.1) is 12.1 Å². The fourth-order valence-corrected chi connectivity index (χ4v) is 3.98. The van der Waals surface area contributed by atoms with E-state index in [-0.39, 0.29) is 18.2 Å². The number of carbonyl (C=O) groups is 1. The predicted octanol–water partition coefficient (Wildman–Crippen LogP) is 4.78. The van der Waals surface area contributed by atoms with Gasteiger partial charge < -0.3 is 4.57 Å². The van der Waals surface area contributed by atoms with Crippen LogP contribution < -0.4 is 5.56 Å². The lowest BCUT2D eigenvalue weighted by Gasteiger charge is -2.21. The second-order valence-electron chi connectivity index (χ2n) is 7.26. The van der Waals surface area contributed by atoms with Crippen LogP contribution in [0, 0.1) is 5.92 Å². The first-order valence-corrected chi connectivity index (χ1v) is 9.12. The number of pyridine rings is 1. The summed E-state index contributed by atoms with van der Waals surface area (Å²) in [4.78, 5) is 24.0. The molecule has 0 spiro atoms. The van der Waals surface area contributed by atoms with Crippen LogP contribution in [0.1, 0.15) is 55.2 Å². The van der Waals surface area contributed by atoms with Crippen molar-refractivity contribution >= 4 is 5.78 Å². The number of alkyl halides is 3. The lowest BCUT2D eigenvalue weighted by Crippen LogP contribution is -2.22. The predicted molar refractivity (Wildman–Crippen MR) is 96.6 cm³/mol. The summed E-state index contributed by atoms with van der Waals surface area (Å²) < 4.78 is 39.6. The lowest BCUT2D eigenvalue weighted by molar-refractivity contribution is -0.138. The smallest absolute Gasteiger partial charge is 0.311 e. The molecule has 1 heterocycles. The summed E-state index contributed by atoms with van der Waals surface area (Å²) >= 11 is 0. The number of hydrogen-bond donors (Lipinski definition) is 0. The van der Waals surface area contributed by atoms with E-state index in [1.807, 2.05) is 12.1 Å². The number of carbonyl (C=O) groups excluding carboxylic acids is 1. The summed E-state index contributed by atoms with van der Waals surface area (Å²) in [6, 6.07) is 9.01. The van der Waals surface area contributed by atoms with E-state index in [0.717, 1.165) is 54.1 Å². The van der Waals surface area contributed by atoms with Crippen LogP contribution in [0.2, 0.25) is 0 Å². The third-order valence-electron chi connectivity index (χ3n) is 5.31. The van der Waals surface area contributed by atoms with Gasteiger partial charge in [0.1, 0.15) is 5.78 Å². The molecule has 0 amide bonds. The van der Waals surface area contributed by atoms with Crippen molar-refractivity contribution in [1.82, 2.24) is 4.57 Å². The van der Waals surface area contributed by atoms with Gasteiger partial charge in [-0.05, 0) is 42.9 Å². The molecule has 2 aromatic rings. The van der Waals surface area contributed by atoms with Crippen LogP contribution in [-0.2, 0) is 17.5 Å². The highest BCUT2D eigenvalue weighted by Gasteiger charge is 2.31. The van der Waals surface area contributed by atoms with E-state index in [1.54, 1.807) is 19.1 Å². The third kappa shape index (κ3) is 4.49. The molecule has 1 aromatic carbocycles. The van der Waals surface area contributed by atoms with Crippen LogP contribution >= 0.6 is 0 Å². The summed E-state index contributed by atoms with van der Waals surface area (Å²) in [5.74, 6) is 0.376. The number of hydrogen-bond acceptors (Lipinski definition) is 2. The number of nitrogens with zero attached hydrogens (tertiary/aromatic N) is 1. The quantitative estimate of drug-likeness (QED) is 0.752. The zero-order chi connectivity index (χ0) is 19.6. The number of rotatable bonds is 5. The summed E-state index contributed by atoms with van der Waals surface area (Å²) in [5, 5.41) is 0. The Morgan fingerprint density at radius 2 is 1.74 bits per heavy atom. The fourth-order valence-electron chi connectivity index (χ4n) is 3.98. The van der Waals surface area contributed by atoms with Gasteiger partial charge in [0.2, 0.25) is 0 Å². The molecule has 6 heteroatoms. The average Bonchev–Trinajstić information content (AvgIpc) is 3.11. The Hall–Kier alpha value is -2.37. The molecule has 0 radical (unpaired) electrons. The monoisotopic (exact) mass is 377 g/mol. The molecule has 1 aromatic heterocycles. The van der Waals surface area contributed by atoms with Gasteiger partial charge in [0, 0.05) is 18.2 Å². The molecule has 1 aliphatic rings. The minimum absolute atomic E-state index is 0.0528. The summed E-state index contributed by atoms with van der Waals surface area (Å²) in [7, 11) is 0. The zero-order valence-electron chi connectivity index (χ0n) is 15.1. The molecule has 0 unspecified atom stereocenters. The van der Waals surface area contributed by atoms with Crippen LogP contribution in [-0.4, -0.2) is 10.4 Å². The van der Waals surface area contributed by atoms with Crippen molar-refractivity contribution in [1.29, 1.82) is 0 Å². The summed E-state index contributed by atoms with van der Waals surface area (Å²) in [6.45, 7) is 1.66. The van der Waals surface area contributed by atoms with Crippen LogP contribution in [0.25, 0.3) is 0 Å². The molecule has 3 nitrogen and oxygen atoms in total. The minimum Gasteiger partial charge on any atom is -0.311 e. The topological polar surface area (TPSA) is 39.1 Å². The second-order valence-corrected chi connectivity index (χ2v) is 7.26. The van der Waals surface area contributed by atoms with E-state index in [0.29, 0.717) is 11.5 Å². The van der Waals surface area contributed by atoms with Gasteiger partial charge in [-0.1, -0.05) is 37.1 Å². The SMILES string of the molecule is CC(=O)[C@H](c1ccc(Cn2cc(C(F)(F)F)ccc2=O)cc1)C1CCCC1. The third-order valence-corrected chi connectivity index (χ3v) is 5.31. The molecule has 1 fully saturated rings. The van der Waals surface area contributed by atoms with Crippen LogP contribution in [0.15, 0.2) is 47.4 Å². The van der Waals surface area contributed by atoms with Gasteiger partial charge in [-0.3, -0.25) is 9.59 Å². The number of benzene rings is 1. The maximum atomic E-state index is 12.9. The molecule has 1 saturated carbocycles. The van der Waals surface area contributed by atoms with E-state index in [4.69, 9.17) is 0 Å². The Balaban J connectivity index is 1.82. The highest BCUT2D eigenvalue weighted by atomic mass is 19.4. The zero-order valence-corrected chi connectivity index (χ0v) is 15.1. The Morgan fingerprint density at radius 1 is 1.11 bits per heavy atom. The molecule has 27 heavy (non-hydrogen) atoms. The van der Waals surface area contributed by atoms with E-state index in [1.165, 1.54) is 0 Å². The van der Waals surface area contributed by atoms with Crippen molar-refractivity contribution in [3.05, 3.63) is 69.6 Å². The normalized spacial score (nSPS) is 16.4. The summed E-state index contributed by atoms with van der Waals surface area (Å²) in [6.07, 6.45) is 0.732. The molecule has 3 rings (SSSR count). The molecule has 144 valence electrons. The molecule has 0 bridgehead atoms. The Labute approximate surface area is 155 Å². The molecule has 1 atom stereocenters. The highest BCUT2D eigenvalue weighted by Crippen LogP contribution is 2.38. The lowest BCUT2D eigenvalue weighted by atomic mass is 9.82.